The Bertz CT molecular complexity index is 546. The van der Waals surface area contributed by atoms with E-state index in [1.54, 1.807) is 0 Å². The molecule has 0 spiro atoms. The van der Waals surface area contributed by atoms with Gasteiger partial charge in [0, 0.05) is 10.6 Å². The molecule has 0 aliphatic rings. The Balaban J connectivity index is 2.94. The lowest BCUT2D eigenvalue weighted by molar-refractivity contribution is 0.573. The Kier molecular flexibility index (Phi) is 2.40. The molecule has 0 aliphatic heterocycles. The van der Waals surface area contributed by atoms with E-state index >= 15 is 0 Å². The molecule has 2 aromatic rings. The summed E-state index contributed by atoms with van der Waals surface area (Å²) >= 11 is 0. The molecule has 0 saturated carbocycles. The fraction of sp³-hybridized carbons (Fsp3) is 0.231. The van der Waals surface area contributed by atoms with Crippen LogP contribution in [-0.2, 0) is 0 Å². The number of furan rings is 1. The van der Waals surface area contributed by atoms with Crippen LogP contribution in [0.4, 0.5) is 0 Å². The average molecular weight is 186 g/mol. The first-order valence-corrected chi connectivity index (χ1v) is 5.01. The maximum Gasteiger partial charge on any atom is 0.135 e. The minimum absolute atomic E-state index is 0.973. The highest BCUT2D eigenvalue weighted by Gasteiger charge is 1.99. The van der Waals surface area contributed by atoms with Crippen LogP contribution < -0.4 is 10.6 Å². The van der Waals surface area contributed by atoms with Crippen molar-refractivity contribution < 1.29 is 4.42 Å². The van der Waals surface area contributed by atoms with Crippen LogP contribution in [0.3, 0.4) is 0 Å². The van der Waals surface area contributed by atoms with E-state index in [1.165, 1.54) is 10.6 Å². The third kappa shape index (κ3) is 1.35. The second-order valence-corrected chi connectivity index (χ2v) is 3.28. The van der Waals surface area contributed by atoms with Gasteiger partial charge in [0.2, 0.25) is 0 Å². The highest BCUT2D eigenvalue weighted by Crippen LogP contribution is 2.06. The number of hydrogen-bond acceptors (Lipinski definition) is 1. The van der Waals surface area contributed by atoms with Gasteiger partial charge in [0.25, 0.3) is 0 Å². The van der Waals surface area contributed by atoms with Crippen LogP contribution in [0, 0.1) is 0 Å². The van der Waals surface area contributed by atoms with Crippen molar-refractivity contribution in [2.45, 2.75) is 20.3 Å². The zero-order chi connectivity index (χ0) is 9.97. The first kappa shape index (κ1) is 9.07. The summed E-state index contributed by atoms with van der Waals surface area (Å²) in [4.78, 5) is 0. The first-order chi connectivity index (χ1) is 6.86. The van der Waals surface area contributed by atoms with Gasteiger partial charge in [0.15, 0.2) is 0 Å². The predicted octanol–water partition coefficient (Wildman–Crippen LogP) is 2.42. The van der Waals surface area contributed by atoms with E-state index in [0.29, 0.717) is 0 Å². The van der Waals surface area contributed by atoms with Crippen molar-refractivity contribution in [2.24, 2.45) is 0 Å². The van der Waals surface area contributed by atoms with Crippen LogP contribution in [0.1, 0.15) is 20.3 Å². The lowest BCUT2D eigenvalue weighted by Crippen LogP contribution is -2.19. The van der Waals surface area contributed by atoms with E-state index in [9.17, 15) is 0 Å². The first-order valence-electron chi connectivity index (χ1n) is 5.01. The quantitative estimate of drug-likeness (QED) is 0.666. The normalized spacial score (nSPS) is 14.1. The number of para-hydroxylation sites is 1. The molecule has 2 rings (SSSR count). The van der Waals surface area contributed by atoms with Crippen LogP contribution in [-0.4, -0.2) is 0 Å². The third-order valence-corrected chi connectivity index (χ3v) is 2.34. The second kappa shape index (κ2) is 3.70. The standard InChI is InChI=1S/C13H14O/c1-3-7-12-10(4-2)11-8-5-6-9-13(11)14-12/h4-9H,3H2,1-2H3/b10-4-,12-7+. The molecule has 0 aliphatic carbocycles. The highest BCUT2D eigenvalue weighted by molar-refractivity contribution is 5.78. The molecule has 72 valence electrons. The van der Waals surface area contributed by atoms with Crippen LogP contribution in [0.25, 0.3) is 23.1 Å². The van der Waals surface area contributed by atoms with Crippen molar-refractivity contribution in [2.75, 3.05) is 0 Å². The van der Waals surface area contributed by atoms with E-state index in [1.807, 2.05) is 25.1 Å². The minimum atomic E-state index is 0.973. The van der Waals surface area contributed by atoms with Gasteiger partial charge in [-0.15, -0.1) is 0 Å². The Morgan fingerprint density at radius 3 is 2.79 bits per heavy atom. The van der Waals surface area contributed by atoms with Gasteiger partial charge in [-0.2, -0.15) is 0 Å². The lowest BCUT2D eigenvalue weighted by Gasteiger charge is -1.82. The van der Waals surface area contributed by atoms with Gasteiger partial charge < -0.3 is 4.42 Å². The molecular weight excluding hydrogens is 172 g/mol. The van der Waals surface area contributed by atoms with Gasteiger partial charge >= 0.3 is 0 Å². The van der Waals surface area contributed by atoms with Crippen molar-refractivity contribution >= 4 is 23.1 Å². The third-order valence-electron chi connectivity index (χ3n) is 2.34. The summed E-state index contributed by atoms with van der Waals surface area (Å²) in [7, 11) is 0. The molecular formula is C13H14O. The highest BCUT2D eigenvalue weighted by atomic mass is 16.3. The molecule has 0 saturated heterocycles. The molecule has 0 fully saturated rings. The van der Waals surface area contributed by atoms with E-state index in [-0.39, 0.29) is 0 Å². The summed E-state index contributed by atoms with van der Waals surface area (Å²) in [6, 6.07) is 8.15. The van der Waals surface area contributed by atoms with E-state index in [0.717, 1.165) is 17.4 Å². The van der Waals surface area contributed by atoms with Crippen LogP contribution in [0.2, 0.25) is 0 Å². The van der Waals surface area contributed by atoms with Crippen molar-refractivity contribution in [3.8, 4) is 0 Å². The number of rotatable bonds is 1. The molecule has 1 aromatic heterocycles. The van der Waals surface area contributed by atoms with Crippen molar-refractivity contribution in [3.05, 3.63) is 34.9 Å². The molecule has 0 unspecified atom stereocenters. The summed E-state index contributed by atoms with van der Waals surface area (Å²) in [5, 5.41) is 2.41. The van der Waals surface area contributed by atoms with Gasteiger partial charge in [-0.3, -0.25) is 0 Å². The largest absolute Gasteiger partial charge is 0.456 e. The molecule has 1 aromatic carbocycles. The SMILES string of the molecule is C/C=c1\c(=C/CC)oc2ccccc12. The van der Waals surface area contributed by atoms with Gasteiger partial charge in [0.05, 0.1) is 0 Å². The number of fused-ring (bicyclic) bond motifs is 1. The van der Waals surface area contributed by atoms with Crippen LogP contribution >= 0.6 is 0 Å². The Labute approximate surface area is 83.4 Å². The van der Waals surface area contributed by atoms with E-state index in [2.05, 4.69) is 25.1 Å². The topological polar surface area (TPSA) is 13.1 Å². The molecule has 0 atom stereocenters. The maximum atomic E-state index is 5.74. The van der Waals surface area contributed by atoms with Gasteiger partial charge in [-0.25, -0.2) is 0 Å². The average Bonchev–Trinajstić information content (AvgIpc) is 2.55. The predicted molar refractivity (Wildman–Crippen MR) is 60.4 cm³/mol. The number of benzene rings is 1. The maximum absolute atomic E-state index is 5.74. The van der Waals surface area contributed by atoms with Crippen molar-refractivity contribution in [3.63, 3.8) is 0 Å². The molecule has 0 N–H and O–H groups in total. The summed E-state index contributed by atoms with van der Waals surface area (Å²) in [6.45, 7) is 4.16. The molecule has 0 amide bonds. The van der Waals surface area contributed by atoms with Crippen LogP contribution in [0.15, 0.2) is 28.7 Å². The zero-order valence-corrected chi connectivity index (χ0v) is 8.58. The Morgan fingerprint density at radius 1 is 1.29 bits per heavy atom. The summed E-state index contributed by atoms with van der Waals surface area (Å²) < 4.78 is 5.74. The van der Waals surface area contributed by atoms with Gasteiger partial charge in [-0.05, 0) is 25.5 Å². The molecule has 14 heavy (non-hydrogen) atoms. The smallest absolute Gasteiger partial charge is 0.135 e. The summed E-state index contributed by atoms with van der Waals surface area (Å²) in [5.41, 5.74) is 1.97. The van der Waals surface area contributed by atoms with E-state index < -0.39 is 0 Å². The Hall–Kier alpha value is -1.50. The molecule has 0 radical (unpaired) electrons. The van der Waals surface area contributed by atoms with Crippen LogP contribution in [0.5, 0.6) is 0 Å². The second-order valence-electron chi connectivity index (χ2n) is 3.28. The van der Waals surface area contributed by atoms with Gasteiger partial charge in [-0.1, -0.05) is 31.2 Å². The zero-order valence-electron chi connectivity index (χ0n) is 8.58. The lowest BCUT2D eigenvalue weighted by atomic mass is 10.2. The fourth-order valence-electron chi connectivity index (χ4n) is 1.72. The van der Waals surface area contributed by atoms with Gasteiger partial charge in [0.1, 0.15) is 11.0 Å². The van der Waals surface area contributed by atoms with E-state index in [4.69, 9.17) is 4.42 Å². The monoisotopic (exact) mass is 186 g/mol. The molecule has 1 heterocycles. The number of hydrogen-bond donors (Lipinski definition) is 0. The fourth-order valence-corrected chi connectivity index (χ4v) is 1.72. The summed E-state index contributed by atoms with van der Waals surface area (Å²) in [6.07, 6.45) is 5.23. The molecule has 1 nitrogen and oxygen atoms in total. The Morgan fingerprint density at radius 2 is 2.07 bits per heavy atom. The molecule has 1 heteroatoms. The van der Waals surface area contributed by atoms with Crippen molar-refractivity contribution in [1.82, 2.24) is 0 Å². The minimum Gasteiger partial charge on any atom is -0.456 e. The van der Waals surface area contributed by atoms with Crippen molar-refractivity contribution in [1.29, 1.82) is 0 Å². The molecule has 0 bridgehead atoms. The summed E-state index contributed by atoms with van der Waals surface area (Å²) in [5.74, 6) is 0.